The molecule has 0 N–H and O–H groups in total. The Morgan fingerprint density at radius 3 is 1.96 bits per heavy atom. The second kappa shape index (κ2) is 15.3. The molecule has 4 rings (SSSR count). The number of ether oxygens (including phenoxy) is 8. The summed E-state index contributed by atoms with van der Waals surface area (Å²) >= 11 is 0. The fourth-order valence-electron chi connectivity index (χ4n) is 5.49. The molecule has 1 aromatic carbocycles. The average Bonchev–Trinajstić information content (AvgIpc) is 2.97. The van der Waals surface area contributed by atoms with Crippen LogP contribution in [0.25, 0.3) is 11.0 Å². The van der Waals surface area contributed by atoms with Crippen molar-refractivity contribution in [2.75, 3.05) is 6.61 Å². The summed E-state index contributed by atoms with van der Waals surface area (Å²) in [6.45, 7) is 7.34. The van der Waals surface area contributed by atoms with Crippen LogP contribution in [0.1, 0.15) is 67.2 Å². The van der Waals surface area contributed by atoms with Crippen LogP contribution in [0.15, 0.2) is 27.4 Å². The first-order chi connectivity index (χ1) is 22.2. The summed E-state index contributed by atoms with van der Waals surface area (Å²) in [6, 6.07) is 4.34. The van der Waals surface area contributed by atoms with E-state index in [9.17, 15) is 28.8 Å². The van der Waals surface area contributed by atoms with E-state index in [2.05, 4.69) is 6.92 Å². The first-order valence-corrected chi connectivity index (χ1v) is 15.1. The van der Waals surface area contributed by atoms with Gasteiger partial charge in [-0.25, -0.2) is 4.79 Å². The quantitative estimate of drug-likeness (QED) is 0.205. The third-order valence-corrected chi connectivity index (χ3v) is 7.49. The van der Waals surface area contributed by atoms with Crippen molar-refractivity contribution >= 4 is 40.8 Å². The molecule has 15 nitrogen and oxygen atoms in total. The van der Waals surface area contributed by atoms with Crippen molar-refractivity contribution in [2.24, 2.45) is 5.92 Å². The minimum Gasteiger partial charge on any atom is -0.485 e. The van der Waals surface area contributed by atoms with Gasteiger partial charge in [0.1, 0.15) is 24.0 Å². The highest BCUT2D eigenvalue weighted by molar-refractivity contribution is 5.87. The maximum Gasteiger partial charge on any atom is 0.383 e. The molecule has 256 valence electrons. The van der Waals surface area contributed by atoms with Gasteiger partial charge in [-0.2, -0.15) is 0 Å². The van der Waals surface area contributed by atoms with Gasteiger partial charge in [-0.1, -0.05) is 6.92 Å². The Kier molecular flexibility index (Phi) is 11.4. The number of hydrogen-bond donors (Lipinski definition) is 0. The van der Waals surface area contributed by atoms with Gasteiger partial charge < -0.3 is 42.3 Å². The molecule has 0 amide bonds. The van der Waals surface area contributed by atoms with E-state index in [0.29, 0.717) is 11.3 Å². The molecule has 1 aromatic heterocycles. The molecule has 0 spiro atoms. The highest BCUT2D eigenvalue weighted by Crippen LogP contribution is 2.39. The standard InChI is InChI=1S/C32H38O15/c1-15-7-9-21(10-8-15)44-26-23-12-11-22(13-24(23)46-31(38)29(26)42-19(5)36)45-32-30(43-20(6)37)28(41-18(4)35)27(40-17(3)34)25(47-32)14-39-16(2)33/h11-13,15,21,25,27-28,30,32H,7-10,14H2,1-6H3/t15-,21+,25-,27-,28+,30+,32+/m1/s1. The summed E-state index contributed by atoms with van der Waals surface area (Å²) in [6.07, 6.45) is -3.90. The number of benzene rings is 1. The van der Waals surface area contributed by atoms with Gasteiger partial charge in [0, 0.05) is 40.7 Å². The van der Waals surface area contributed by atoms with E-state index in [4.69, 9.17) is 42.3 Å². The number of carbonyl (C=O) groups excluding carboxylic acids is 5. The van der Waals surface area contributed by atoms with Crippen LogP contribution >= 0.6 is 0 Å². The summed E-state index contributed by atoms with van der Waals surface area (Å²) in [5, 5.41) is 0.313. The van der Waals surface area contributed by atoms with Crippen molar-refractivity contribution in [3.63, 3.8) is 0 Å². The van der Waals surface area contributed by atoms with Gasteiger partial charge in [-0.05, 0) is 43.7 Å². The first kappa shape index (κ1) is 35.2. The van der Waals surface area contributed by atoms with Crippen molar-refractivity contribution in [1.29, 1.82) is 0 Å². The van der Waals surface area contributed by atoms with Gasteiger partial charge >= 0.3 is 35.5 Å². The summed E-state index contributed by atoms with van der Waals surface area (Å²) in [5.74, 6) is -3.53. The zero-order chi connectivity index (χ0) is 34.4. The molecule has 1 saturated heterocycles. The Morgan fingerprint density at radius 2 is 1.36 bits per heavy atom. The normalized spacial score (nSPS) is 25.6. The van der Waals surface area contributed by atoms with Crippen LogP contribution < -0.4 is 19.8 Å². The number of fused-ring (bicyclic) bond motifs is 1. The summed E-state index contributed by atoms with van der Waals surface area (Å²) in [4.78, 5) is 72.7. The lowest BCUT2D eigenvalue weighted by molar-refractivity contribution is -0.288. The van der Waals surface area contributed by atoms with Gasteiger partial charge in [0.15, 0.2) is 18.0 Å². The minimum absolute atomic E-state index is 0.00761. The molecular weight excluding hydrogens is 624 g/mol. The number of rotatable bonds is 10. The summed E-state index contributed by atoms with van der Waals surface area (Å²) < 4.78 is 50.3. The van der Waals surface area contributed by atoms with Crippen LogP contribution in [0.2, 0.25) is 0 Å². The molecule has 0 bridgehead atoms. The molecule has 1 aliphatic heterocycles. The molecule has 2 heterocycles. The van der Waals surface area contributed by atoms with E-state index in [0.717, 1.165) is 60.3 Å². The lowest BCUT2D eigenvalue weighted by Crippen LogP contribution is -2.63. The topological polar surface area (TPSA) is 189 Å². The predicted molar refractivity (Wildman–Crippen MR) is 158 cm³/mol. The molecule has 47 heavy (non-hydrogen) atoms. The van der Waals surface area contributed by atoms with Crippen LogP contribution in [0.5, 0.6) is 17.2 Å². The number of esters is 5. The third-order valence-electron chi connectivity index (χ3n) is 7.49. The van der Waals surface area contributed by atoms with E-state index >= 15 is 0 Å². The van der Waals surface area contributed by atoms with Gasteiger partial charge in [0.05, 0.1) is 11.5 Å². The first-order valence-electron chi connectivity index (χ1n) is 15.1. The van der Waals surface area contributed by atoms with Crippen molar-refractivity contribution in [1.82, 2.24) is 0 Å². The van der Waals surface area contributed by atoms with E-state index in [-0.39, 0.29) is 28.9 Å². The predicted octanol–water partition coefficient (Wildman–Crippen LogP) is 3.14. The Labute approximate surface area is 269 Å². The van der Waals surface area contributed by atoms with Crippen molar-refractivity contribution in [2.45, 2.75) is 104 Å². The van der Waals surface area contributed by atoms with E-state index in [1.54, 1.807) is 0 Å². The Bertz CT molecular complexity index is 1550. The van der Waals surface area contributed by atoms with Gasteiger partial charge in [-0.3, -0.25) is 24.0 Å². The molecule has 2 aliphatic rings. The van der Waals surface area contributed by atoms with Crippen LogP contribution in [-0.4, -0.2) is 73.3 Å². The minimum atomic E-state index is -1.51. The van der Waals surface area contributed by atoms with Crippen LogP contribution in [0.3, 0.4) is 0 Å². The molecule has 15 heteroatoms. The fourth-order valence-corrected chi connectivity index (χ4v) is 5.49. The Morgan fingerprint density at radius 1 is 0.745 bits per heavy atom. The summed E-state index contributed by atoms with van der Waals surface area (Å²) in [7, 11) is 0. The molecular formula is C32H38O15. The number of carbonyl (C=O) groups is 5. The monoisotopic (exact) mass is 662 g/mol. The lowest BCUT2D eigenvalue weighted by Gasteiger charge is -2.43. The third kappa shape index (κ3) is 9.21. The highest BCUT2D eigenvalue weighted by atomic mass is 16.7. The highest BCUT2D eigenvalue weighted by Gasteiger charge is 2.53. The van der Waals surface area contributed by atoms with E-state index in [1.165, 1.54) is 18.2 Å². The lowest BCUT2D eigenvalue weighted by atomic mass is 9.89. The maximum atomic E-state index is 13.0. The molecule has 1 aliphatic carbocycles. The molecule has 0 unspecified atom stereocenters. The molecule has 5 atom stereocenters. The zero-order valence-electron chi connectivity index (χ0n) is 26.9. The molecule has 0 radical (unpaired) electrons. The van der Waals surface area contributed by atoms with Crippen molar-refractivity contribution in [3.05, 3.63) is 28.6 Å². The SMILES string of the molecule is CC(=O)OC[C@H]1O[C@H](Oc2ccc3c(O[C@H]4CC[C@@H](C)CC4)c(OC(C)=O)c(=O)oc3c2)[C@@H](OC(C)=O)[C@@H](OC(C)=O)[C@@H]1OC(C)=O. The largest absolute Gasteiger partial charge is 0.485 e. The average molecular weight is 663 g/mol. The van der Waals surface area contributed by atoms with E-state index < -0.39 is 72.8 Å². The van der Waals surface area contributed by atoms with Crippen LogP contribution in [0.4, 0.5) is 0 Å². The van der Waals surface area contributed by atoms with Crippen molar-refractivity contribution in [3.8, 4) is 17.2 Å². The molecule has 2 aromatic rings. The van der Waals surface area contributed by atoms with Crippen molar-refractivity contribution < 1.29 is 66.3 Å². The van der Waals surface area contributed by atoms with Gasteiger partial charge in [0.25, 0.3) is 5.75 Å². The molecule has 1 saturated carbocycles. The van der Waals surface area contributed by atoms with Crippen LogP contribution in [0, 0.1) is 5.92 Å². The fraction of sp³-hybridized carbons (Fsp3) is 0.562. The maximum absolute atomic E-state index is 13.0. The Hall–Kier alpha value is -4.66. The van der Waals surface area contributed by atoms with Crippen LogP contribution in [-0.2, 0) is 47.7 Å². The Balaban J connectivity index is 1.73. The molecule has 2 fully saturated rings. The number of hydrogen-bond acceptors (Lipinski definition) is 15. The smallest absolute Gasteiger partial charge is 0.383 e. The second-order valence-electron chi connectivity index (χ2n) is 11.5. The van der Waals surface area contributed by atoms with Gasteiger partial charge in [-0.15, -0.1) is 0 Å². The van der Waals surface area contributed by atoms with Gasteiger partial charge in [0.2, 0.25) is 12.4 Å². The second-order valence-corrected chi connectivity index (χ2v) is 11.5. The summed E-state index contributed by atoms with van der Waals surface area (Å²) in [5.41, 5.74) is -0.954. The zero-order valence-corrected chi connectivity index (χ0v) is 26.9. The van der Waals surface area contributed by atoms with E-state index in [1.807, 2.05) is 0 Å².